The summed E-state index contributed by atoms with van der Waals surface area (Å²) in [4.78, 5) is 2.50. The average Bonchev–Trinajstić information content (AvgIpc) is 2.85. The molecule has 2 aliphatic heterocycles. The summed E-state index contributed by atoms with van der Waals surface area (Å²) >= 11 is 0. The van der Waals surface area contributed by atoms with Crippen LogP contribution < -0.4 is 5.32 Å². The molecular weight excluding hydrogens is 186 g/mol. The first-order chi connectivity index (χ1) is 7.34. The highest BCUT2D eigenvalue weighted by Gasteiger charge is 2.49. The fourth-order valence-corrected chi connectivity index (χ4v) is 3.16. The smallest absolute Gasteiger partial charge is 0.123 e. The number of hydrogen-bond acceptors (Lipinski definition) is 3. The van der Waals surface area contributed by atoms with Gasteiger partial charge in [-0.1, -0.05) is 0 Å². The van der Waals surface area contributed by atoms with Crippen LogP contribution in [0.1, 0.15) is 32.1 Å². The Morgan fingerprint density at radius 2 is 2.20 bits per heavy atom. The van der Waals surface area contributed by atoms with E-state index in [2.05, 4.69) is 16.3 Å². The summed E-state index contributed by atoms with van der Waals surface area (Å²) in [5.74, 6) is 0.866. The second-order valence-electron chi connectivity index (χ2n) is 5.35. The quantitative estimate of drug-likeness (QED) is 0.750. The second-order valence-corrected chi connectivity index (χ2v) is 5.35. The lowest BCUT2D eigenvalue weighted by molar-refractivity contribution is 0.264. The van der Waals surface area contributed by atoms with Crippen molar-refractivity contribution in [3.63, 3.8) is 0 Å². The molecule has 3 heteroatoms. The Morgan fingerprint density at radius 3 is 2.93 bits per heavy atom. The molecule has 1 saturated carbocycles. The Morgan fingerprint density at radius 1 is 1.33 bits per heavy atom. The minimum absolute atomic E-state index is 0.209. The highest BCUT2D eigenvalue weighted by molar-refractivity contribution is 5.20. The lowest BCUT2D eigenvalue weighted by Crippen LogP contribution is -2.52. The van der Waals surface area contributed by atoms with Gasteiger partial charge in [0.1, 0.15) is 5.54 Å². The molecule has 3 nitrogen and oxygen atoms in total. The molecule has 2 unspecified atom stereocenters. The van der Waals surface area contributed by atoms with Crippen molar-refractivity contribution in [3.05, 3.63) is 0 Å². The topological polar surface area (TPSA) is 39.1 Å². The third-order valence-electron chi connectivity index (χ3n) is 4.33. The van der Waals surface area contributed by atoms with Crippen molar-refractivity contribution >= 4 is 0 Å². The van der Waals surface area contributed by atoms with E-state index in [0.29, 0.717) is 6.04 Å². The van der Waals surface area contributed by atoms with E-state index in [0.717, 1.165) is 25.4 Å². The molecule has 0 bridgehead atoms. The van der Waals surface area contributed by atoms with Gasteiger partial charge in [0.05, 0.1) is 6.07 Å². The molecule has 3 aliphatic rings. The normalized spacial score (nSPS) is 40.3. The van der Waals surface area contributed by atoms with E-state index in [1.807, 2.05) is 0 Å². The van der Waals surface area contributed by atoms with Crippen molar-refractivity contribution in [3.8, 4) is 6.07 Å². The van der Waals surface area contributed by atoms with Crippen LogP contribution in [0.3, 0.4) is 0 Å². The summed E-state index contributed by atoms with van der Waals surface area (Å²) in [5, 5.41) is 13.0. The molecular formula is C12H19N3. The number of fused-ring (bicyclic) bond motifs is 1. The van der Waals surface area contributed by atoms with Gasteiger partial charge in [-0.3, -0.25) is 10.2 Å². The van der Waals surface area contributed by atoms with Gasteiger partial charge in [-0.25, -0.2) is 0 Å². The Labute approximate surface area is 91.4 Å². The van der Waals surface area contributed by atoms with Crippen molar-refractivity contribution in [2.75, 3.05) is 19.6 Å². The molecule has 15 heavy (non-hydrogen) atoms. The number of nitrogens with zero attached hydrogens (tertiary/aromatic N) is 2. The molecule has 82 valence electrons. The summed E-state index contributed by atoms with van der Waals surface area (Å²) < 4.78 is 0. The predicted molar refractivity (Wildman–Crippen MR) is 58.3 cm³/mol. The average molecular weight is 205 g/mol. The van der Waals surface area contributed by atoms with E-state index in [-0.39, 0.29) is 5.54 Å². The molecule has 0 aromatic heterocycles. The van der Waals surface area contributed by atoms with Crippen molar-refractivity contribution < 1.29 is 0 Å². The maximum atomic E-state index is 9.46. The highest BCUT2D eigenvalue weighted by atomic mass is 15.3. The minimum atomic E-state index is -0.209. The van der Waals surface area contributed by atoms with E-state index in [4.69, 9.17) is 0 Å². The zero-order valence-electron chi connectivity index (χ0n) is 9.21. The van der Waals surface area contributed by atoms with Crippen molar-refractivity contribution in [2.24, 2.45) is 5.92 Å². The first-order valence-corrected chi connectivity index (χ1v) is 6.24. The van der Waals surface area contributed by atoms with E-state index in [9.17, 15) is 5.26 Å². The van der Waals surface area contributed by atoms with Gasteiger partial charge in [0, 0.05) is 12.6 Å². The lowest BCUT2D eigenvalue weighted by Gasteiger charge is -2.29. The number of nitriles is 1. The highest BCUT2D eigenvalue weighted by Crippen LogP contribution is 2.37. The van der Waals surface area contributed by atoms with Gasteiger partial charge in [-0.05, 0) is 51.1 Å². The fourth-order valence-electron chi connectivity index (χ4n) is 3.16. The summed E-state index contributed by atoms with van der Waals surface area (Å²) in [5.41, 5.74) is -0.209. The molecule has 0 aromatic carbocycles. The molecule has 2 heterocycles. The summed E-state index contributed by atoms with van der Waals surface area (Å²) in [7, 11) is 0. The van der Waals surface area contributed by atoms with Crippen LogP contribution in [0.2, 0.25) is 0 Å². The molecule has 1 N–H and O–H groups in total. The van der Waals surface area contributed by atoms with Crippen LogP contribution in [-0.2, 0) is 0 Å². The first-order valence-electron chi connectivity index (χ1n) is 6.24. The monoisotopic (exact) mass is 205 g/mol. The first kappa shape index (κ1) is 9.62. The van der Waals surface area contributed by atoms with Crippen LogP contribution in [0.4, 0.5) is 0 Å². The summed E-state index contributed by atoms with van der Waals surface area (Å²) in [6.07, 6.45) is 6.25. The van der Waals surface area contributed by atoms with Crippen LogP contribution in [0.15, 0.2) is 0 Å². The molecule has 1 aliphatic carbocycles. The Balaban J connectivity index is 1.70. The van der Waals surface area contributed by atoms with E-state index in [1.165, 1.54) is 32.2 Å². The molecule has 0 aromatic rings. The van der Waals surface area contributed by atoms with Crippen LogP contribution in [0.5, 0.6) is 0 Å². The molecule has 0 spiro atoms. The van der Waals surface area contributed by atoms with Gasteiger partial charge >= 0.3 is 0 Å². The summed E-state index contributed by atoms with van der Waals surface area (Å²) in [6, 6.07) is 3.08. The lowest BCUT2D eigenvalue weighted by atomic mass is 9.90. The third kappa shape index (κ3) is 1.56. The second kappa shape index (κ2) is 3.47. The van der Waals surface area contributed by atoms with Crippen LogP contribution >= 0.6 is 0 Å². The zero-order chi connectivity index (χ0) is 10.3. The minimum Gasteiger partial charge on any atom is -0.298 e. The standard InChI is InChI=1S/C12H19N3/c13-9-12(14-8-10-3-4-10)5-7-15-6-1-2-11(12)15/h10-11,14H,1-8H2. The maximum absolute atomic E-state index is 9.46. The van der Waals surface area contributed by atoms with Gasteiger partial charge in [0.2, 0.25) is 0 Å². The van der Waals surface area contributed by atoms with Crippen LogP contribution in [0.25, 0.3) is 0 Å². The number of hydrogen-bond donors (Lipinski definition) is 1. The Kier molecular flexibility index (Phi) is 2.22. The van der Waals surface area contributed by atoms with E-state index >= 15 is 0 Å². The van der Waals surface area contributed by atoms with Gasteiger partial charge in [-0.15, -0.1) is 0 Å². The largest absolute Gasteiger partial charge is 0.298 e. The number of nitrogens with one attached hydrogen (secondary N) is 1. The van der Waals surface area contributed by atoms with Gasteiger partial charge in [0.25, 0.3) is 0 Å². The molecule has 2 saturated heterocycles. The van der Waals surface area contributed by atoms with Crippen LogP contribution in [-0.4, -0.2) is 36.1 Å². The Hall–Kier alpha value is -0.590. The van der Waals surface area contributed by atoms with Crippen molar-refractivity contribution in [1.29, 1.82) is 5.26 Å². The zero-order valence-corrected chi connectivity index (χ0v) is 9.21. The molecule has 0 amide bonds. The molecule has 3 fully saturated rings. The number of rotatable bonds is 3. The SMILES string of the molecule is N#CC1(NCC2CC2)CCN2CCCC21. The van der Waals surface area contributed by atoms with E-state index < -0.39 is 0 Å². The Bertz CT molecular complexity index is 292. The van der Waals surface area contributed by atoms with Crippen molar-refractivity contribution in [1.82, 2.24) is 10.2 Å². The predicted octanol–water partition coefficient (Wildman–Crippen LogP) is 1.12. The van der Waals surface area contributed by atoms with Gasteiger partial charge < -0.3 is 0 Å². The van der Waals surface area contributed by atoms with Gasteiger partial charge in [0.15, 0.2) is 0 Å². The van der Waals surface area contributed by atoms with E-state index in [1.54, 1.807) is 0 Å². The third-order valence-corrected chi connectivity index (χ3v) is 4.33. The summed E-state index contributed by atoms with van der Waals surface area (Å²) in [6.45, 7) is 3.40. The van der Waals surface area contributed by atoms with Gasteiger partial charge in [-0.2, -0.15) is 5.26 Å². The molecule has 0 radical (unpaired) electrons. The van der Waals surface area contributed by atoms with Crippen LogP contribution in [0, 0.1) is 17.2 Å². The van der Waals surface area contributed by atoms with Crippen molar-refractivity contribution in [2.45, 2.75) is 43.7 Å². The molecule has 3 rings (SSSR count). The fraction of sp³-hybridized carbons (Fsp3) is 0.917. The maximum Gasteiger partial charge on any atom is 0.123 e. The molecule has 2 atom stereocenters.